The third kappa shape index (κ3) is 4.88. The molecule has 30 heavy (non-hydrogen) atoms. The standard InChI is InChI=1S/C22H20BrFN2O4/c1-3-8-26-21(27)18(25-22(26)28)11-15-10-17(23)20(19(12-15)29-4-2)30-13-14-6-5-7-16(24)9-14/h3,5-7,9-12H,1,4,8,13H2,2H3,(H,25,28)/b18-11+. The SMILES string of the molecule is C=CCN1C(=O)N/C(=C/c2cc(Br)c(OCc3cccc(F)c3)c(OCC)c2)C1=O. The summed E-state index contributed by atoms with van der Waals surface area (Å²) in [5, 5.41) is 2.55. The first kappa shape index (κ1) is 21.6. The van der Waals surface area contributed by atoms with E-state index in [0.29, 0.717) is 33.7 Å². The summed E-state index contributed by atoms with van der Waals surface area (Å²) in [5.41, 5.74) is 1.47. The number of carbonyl (C=O) groups is 2. The molecule has 6 nitrogen and oxygen atoms in total. The smallest absolute Gasteiger partial charge is 0.329 e. The van der Waals surface area contributed by atoms with Gasteiger partial charge in [-0.25, -0.2) is 9.18 Å². The van der Waals surface area contributed by atoms with Gasteiger partial charge in [-0.1, -0.05) is 18.2 Å². The molecule has 0 aliphatic carbocycles. The lowest BCUT2D eigenvalue weighted by Gasteiger charge is -2.15. The van der Waals surface area contributed by atoms with Crippen LogP contribution in [0.2, 0.25) is 0 Å². The molecule has 1 heterocycles. The van der Waals surface area contributed by atoms with Crippen molar-refractivity contribution in [3.05, 3.63) is 76.2 Å². The minimum atomic E-state index is -0.495. The molecule has 2 aromatic carbocycles. The first-order valence-electron chi connectivity index (χ1n) is 9.22. The summed E-state index contributed by atoms with van der Waals surface area (Å²) in [6.07, 6.45) is 3.04. The van der Waals surface area contributed by atoms with Crippen LogP contribution in [0.25, 0.3) is 6.08 Å². The Balaban J connectivity index is 1.87. The first-order valence-corrected chi connectivity index (χ1v) is 10.0. The Hall–Kier alpha value is -3.13. The molecule has 1 aliphatic heterocycles. The van der Waals surface area contributed by atoms with Crippen molar-refractivity contribution in [1.82, 2.24) is 10.2 Å². The fourth-order valence-electron chi connectivity index (χ4n) is 2.89. The van der Waals surface area contributed by atoms with Crippen LogP contribution in [0.15, 0.2) is 59.2 Å². The minimum absolute atomic E-state index is 0.128. The monoisotopic (exact) mass is 474 g/mol. The van der Waals surface area contributed by atoms with Crippen molar-refractivity contribution in [3.8, 4) is 11.5 Å². The lowest BCUT2D eigenvalue weighted by molar-refractivity contribution is -0.122. The number of nitrogens with one attached hydrogen (secondary N) is 1. The highest BCUT2D eigenvalue weighted by atomic mass is 79.9. The summed E-state index contributed by atoms with van der Waals surface area (Å²) in [5.74, 6) is 0.143. The zero-order valence-corrected chi connectivity index (χ0v) is 17.9. The maximum Gasteiger partial charge on any atom is 0.329 e. The van der Waals surface area contributed by atoms with E-state index in [1.807, 2.05) is 6.92 Å². The van der Waals surface area contributed by atoms with Gasteiger partial charge in [0, 0.05) is 6.54 Å². The number of imide groups is 1. The predicted octanol–water partition coefficient (Wildman–Crippen LogP) is 4.64. The Morgan fingerprint density at radius 2 is 2.03 bits per heavy atom. The Kier molecular flexibility index (Phi) is 6.89. The quantitative estimate of drug-likeness (QED) is 0.343. The number of carbonyl (C=O) groups excluding carboxylic acids is 2. The van der Waals surface area contributed by atoms with Crippen LogP contribution in [0.3, 0.4) is 0 Å². The number of nitrogens with zero attached hydrogens (tertiary/aromatic N) is 1. The van der Waals surface area contributed by atoms with Gasteiger partial charge in [0.1, 0.15) is 18.1 Å². The van der Waals surface area contributed by atoms with Crippen molar-refractivity contribution in [2.75, 3.05) is 13.2 Å². The van der Waals surface area contributed by atoms with Gasteiger partial charge in [-0.15, -0.1) is 6.58 Å². The summed E-state index contributed by atoms with van der Waals surface area (Å²) < 4.78 is 25.5. The van der Waals surface area contributed by atoms with Crippen LogP contribution in [0.5, 0.6) is 11.5 Å². The molecule has 0 atom stereocenters. The number of urea groups is 1. The molecule has 2 aromatic rings. The summed E-state index contributed by atoms with van der Waals surface area (Å²) in [6, 6.07) is 9.10. The summed E-state index contributed by atoms with van der Waals surface area (Å²) >= 11 is 3.46. The molecule has 1 fully saturated rings. The van der Waals surface area contributed by atoms with Gasteiger partial charge in [-0.3, -0.25) is 9.69 Å². The van der Waals surface area contributed by atoms with Gasteiger partial charge in [0.05, 0.1) is 11.1 Å². The van der Waals surface area contributed by atoms with Crippen LogP contribution < -0.4 is 14.8 Å². The second-order valence-electron chi connectivity index (χ2n) is 6.37. The number of ether oxygens (including phenoxy) is 2. The van der Waals surface area contributed by atoms with E-state index in [2.05, 4.69) is 27.8 Å². The molecule has 156 valence electrons. The van der Waals surface area contributed by atoms with Gasteiger partial charge in [0.15, 0.2) is 11.5 Å². The van der Waals surface area contributed by atoms with Crippen LogP contribution in [0, 0.1) is 5.82 Å². The number of rotatable bonds is 8. The molecule has 0 saturated carbocycles. The fraction of sp³-hybridized carbons (Fsp3) is 0.182. The molecular weight excluding hydrogens is 455 g/mol. The van der Waals surface area contributed by atoms with Crippen LogP contribution in [-0.2, 0) is 11.4 Å². The highest BCUT2D eigenvalue weighted by Crippen LogP contribution is 2.38. The van der Waals surface area contributed by atoms with Crippen molar-refractivity contribution in [1.29, 1.82) is 0 Å². The second kappa shape index (κ2) is 9.58. The van der Waals surface area contributed by atoms with Gasteiger partial charge in [-0.05, 0) is 64.3 Å². The number of amides is 3. The van der Waals surface area contributed by atoms with Crippen molar-refractivity contribution >= 4 is 33.9 Å². The van der Waals surface area contributed by atoms with E-state index in [9.17, 15) is 14.0 Å². The zero-order chi connectivity index (χ0) is 21.7. The molecule has 1 saturated heterocycles. The Morgan fingerprint density at radius 1 is 1.23 bits per heavy atom. The molecule has 0 bridgehead atoms. The molecule has 3 amide bonds. The average Bonchev–Trinajstić information content (AvgIpc) is 2.95. The topological polar surface area (TPSA) is 67.9 Å². The summed E-state index contributed by atoms with van der Waals surface area (Å²) in [7, 11) is 0. The third-order valence-corrected chi connectivity index (χ3v) is 4.78. The molecule has 0 aromatic heterocycles. The van der Waals surface area contributed by atoms with Crippen LogP contribution in [0.4, 0.5) is 9.18 Å². The normalized spacial score (nSPS) is 14.8. The molecular formula is C22H20BrFN2O4. The Bertz CT molecular complexity index is 1020. The van der Waals surface area contributed by atoms with E-state index in [1.165, 1.54) is 18.2 Å². The molecule has 1 N–H and O–H groups in total. The minimum Gasteiger partial charge on any atom is -0.490 e. The largest absolute Gasteiger partial charge is 0.490 e. The predicted molar refractivity (Wildman–Crippen MR) is 114 cm³/mol. The van der Waals surface area contributed by atoms with E-state index in [1.54, 1.807) is 30.3 Å². The van der Waals surface area contributed by atoms with Gasteiger partial charge < -0.3 is 14.8 Å². The zero-order valence-electron chi connectivity index (χ0n) is 16.3. The van der Waals surface area contributed by atoms with E-state index < -0.39 is 11.9 Å². The van der Waals surface area contributed by atoms with E-state index >= 15 is 0 Å². The van der Waals surface area contributed by atoms with Crippen molar-refractivity contribution in [3.63, 3.8) is 0 Å². The highest BCUT2D eigenvalue weighted by molar-refractivity contribution is 9.10. The molecule has 8 heteroatoms. The summed E-state index contributed by atoms with van der Waals surface area (Å²) in [4.78, 5) is 25.4. The Morgan fingerprint density at radius 3 is 2.73 bits per heavy atom. The molecule has 3 rings (SSSR count). The maximum absolute atomic E-state index is 13.4. The maximum atomic E-state index is 13.4. The number of hydrogen-bond acceptors (Lipinski definition) is 4. The van der Waals surface area contributed by atoms with Gasteiger partial charge in [-0.2, -0.15) is 0 Å². The molecule has 1 aliphatic rings. The number of halogens is 2. The van der Waals surface area contributed by atoms with E-state index in [4.69, 9.17) is 9.47 Å². The van der Waals surface area contributed by atoms with E-state index in [0.717, 1.165) is 4.90 Å². The number of benzene rings is 2. The second-order valence-corrected chi connectivity index (χ2v) is 7.23. The van der Waals surface area contributed by atoms with Crippen LogP contribution in [-0.4, -0.2) is 30.0 Å². The van der Waals surface area contributed by atoms with Crippen molar-refractivity contribution in [2.45, 2.75) is 13.5 Å². The third-order valence-electron chi connectivity index (χ3n) is 4.19. The molecule has 0 unspecified atom stereocenters. The average molecular weight is 475 g/mol. The van der Waals surface area contributed by atoms with Crippen LogP contribution in [0.1, 0.15) is 18.1 Å². The van der Waals surface area contributed by atoms with Crippen LogP contribution >= 0.6 is 15.9 Å². The van der Waals surface area contributed by atoms with E-state index in [-0.39, 0.29) is 24.7 Å². The first-order chi connectivity index (χ1) is 14.4. The van der Waals surface area contributed by atoms with Crippen molar-refractivity contribution in [2.24, 2.45) is 0 Å². The summed E-state index contributed by atoms with van der Waals surface area (Å²) in [6.45, 7) is 6.06. The fourth-order valence-corrected chi connectivity index (χ4v) is 3.46. The lowest BCUT2D eigenvalue weighted by Crippen LogP contribution is -2.30. The van der Waals surface area contributed by atoms with Gasteiger partial charge in [0.25, 0.3) is 5.91 Å². The Labute approximate surface area is 182 Å². The van der Waals surface area contributed by atoms with Gasteiger partial charge in [0.2, 0.25) is 0 Å². The van der Waals surface area contributed by atoms with Crippen molar-refractivity contribution < 1.29 is 23.5 Å². The number of hydrogen-bond donors (Lipinski definition) is 1. The lowest BCUT2D eigenvalue weighted by atomic mass is 10.1. The van der Waals surface area contributed by atoms with Gasteiger partial charge >= 0.3 is 6.03 Å². The molecule has 0 radical (unpaired) electrons. The molecule has 0 spiro atoms. The highest BCUT2D eigenvalue weighted by Gasteiger charge is 2.32.